The Morgan fingerprint density at radius 3 is 2.71 bits per heavy atom. The van der Waals surface area contributed by atoms with Crippen LogP contribution in [0, 0.1) is 0 Å². The zero-order valence-corrected chi connectivity index (χ0v) is 9.86. The van der Waals surface area contributed by atoms with E-state index in [0.717, 1.165) is 0 Å². The van der Waals surface area contributed by atoms with Crippen LogP contribution < -0.4 is 17.0 Å². The molecule has 0 spiro atoms. The van der Waals surface area contributed by atoms with Gasteiger partial charge >= 0.3 is 5.69 Å². The van der Waals surface area contributed by atoms with Crippen molar-refractivity contribution in [2.75, 3.05) is 6.54 Å². The van der Waals surface area contributed by atoms with E-state index in [-0.39, 0.29) is 11.2 Å². The molecule has 0 aliphatic heterocycles. The van der Waals surface area contributed by atoms with Gasteiger partial charge < -0.3 is 10.7 Å². The van der Waals surface area contributed by atoms with E-state index in [1.165, 1.54) is 9.13 Å². The fraction of sp³-hybridized carbons (Fsp3) is 0.500. The van der Waals surface area contributed by atoms with Gasteiger partial charge in [0.1, 0.15) is 11.3 Å². The van der Waals surface area contributed by atoms with Gasteiger partial charge in [-0.15, -0.1) is 0 Å². The molecule has 0 saturated heterocycles. The van der Waals surface area contributed by atoms with Gasteiger partial charge in [-0.1, -0.05) is 0 Å². The fourth-order valence-corrected chi connectivity index (χ4v) is 1.83. The third kappa shape index (κ3) is 1.68. The SMILES string of the molecule is CCn1c(=O)c2[nH]c(CCN)nc2n(C)c1=O. The molecule has 2 rings (SSSR count). The second-order valence-corrected chi connectivity index (χ2v) is 3.81. The molecule has 7 heteroatoms. The molecule has 0 unspecified atom stereocenters. The number of nitrogens with two attached hydrogens (primary N) is 1. The first-order valence-corrected chi connectivity index (χ1v) is 5.48. The summed E-state index contributed by atoms with van der Waals surface area (Å²) in [5.74, 6) is 0.628. The molecule has 2 heterocycles. The molecular weight excluding hydrogens is 222 g/mol. The number of rotatable bonds is 3. The van der Waals surface area contributed by atoms with Gasteiger partial charge in [-0.25, -0.2) is 9.78 Å². The van der Waals surface area contributed by atoms with Crippen molar-refractivity contribution in [2.24, 2.45) is 12.8 Å². The number of H-pyrrole nitrogens is 1. The predicted octanol–water partition coefficient (Wildman–Crippen LogP) is -1.06. The summed E-state index contributed by atoms with van der Waals surface area (Å²) in [7, 11) is 1.60. The summed E-state index contributed by atoms with van der Waals surface area (Å²) in [4.78, 5) is 31.0. The number of aromatic amines is 1. The van der Waals surface area contributed by atoms with Crippen molar-refractivity contribution >= 4 is 11.2 Å². The summed E-state index contributed by atoms with van der Waals surface area (Å²) in [5, 5.41) is 0. The highest BCUT2D eigenvalue weighted by atomic mass is 16.2. The van der Waals surface area contributed by atoms with Crippen LogP contribution in [0.1, 0.15) is 12.7 Å². The lowest BCUT2D eigenvalue weighted by atomic mass is 10.4. The maximum Gasteiger partial charge on any atom is 0.332 e. The molecule has 7 nitrogen and oxygen atoms in total. The quantitative estimate of drug-likeness (QED) is 0.711. The molecule has 17 heavy (non-hydrogen) atoms. The van der Waals surface area contributed by atoms with Crippen LogP contribution in [0.5, 0.6) is 0 Å². The lowest BCUT2D eigenvalue weighted by Gasteiger charge is -2.03. The molecule has 0 bridgehead atoms. The zero-order valence-electron chi connectivity index (χ0n) is 9.86. The molecule has 0 aliphatic carbocycles. The van der Waals surface area contributed by atoms with Gasteiger partial charge in [-0.05, 0) is 13.5 Å². The normalized spacial score (nSPS) is 11.2. The Bertz CT molecular complexity index is 664. The van der Waals surface area contributed by atoms with Crippen molar-refractivity contribution < 1.29 is 0 Å². The summed E-state index contributed by atoms with van der Waals surface area (Å²) in [6.45, 7) is 2.54. The van der Waals surface area contributed by atoms with Crippen molar-refractivity contribution in [3.05, 3.63) is 26.7 Å². The molecule has 0 aliphatic rings. The average molecular weight is 237 g/mol. The molecule has 3 N–H and O–H groups in total. The fourth-order valence-electron chi connectivity index (χ4n) is 1.83. The van der Waals surface area contributed by atoms with E-state index in [4.69, 9.17) is 5.73 Å². The van der Waals surface area contributed by atoms with Gasteiger partial charge in [0.2, 0.25) is 0 Å². The summed E-state index contributed by atoms with van der Waals surface area (Å²) in [6, 6.07) is 0. The largest absolute Gasteiger partial charge is 0.336 e. The van der Waals surface area contributed by atoms with Crippen LogP contribution >= 0.6 is 0 Å². The monoisotopic (exact) mass is 237 g/mol. The van der Waals surface area contributed by atoms with E-state index in [1.54, 1.807) is 14.0 Å². The minimum absolute atomic E-state index is 0.332. The highest BCUT2D eigenvalue weighted by Gasteiger charge is 2.13. The predicted molar refractivity (Wildman–Crippen MR) is 64.0 cm³/mol. The summed E-state index contributed by atoms with van der Waals surface area (Å²) in [6.07, 6.45) is 0.550. The Kier molecular flexibility index (Phi) is 2.84. The van der Waals surface area contributed by atoms with E-state index < -0.39 is 0 Å². The van der Waals surface area contributed by atoms with Gasteiger partial charge in [0, 0.05) is 20.0 Å². The van der Waals surface area contributed by atoms with Crippen molar-refractivity contribution in [2.45, 2.75) is 19.9 Å². The molecule has 0 aromatic carbocycles. The number of aromatic nitrogens is 4. The number of hydrogen-bond donors (Lipinski definition) is 2. The maximum atomic E-state index is 12.0. The van der Waals surface area contributed by atoms with E-state index in [2.05, 4.69) is 9.97 Å². The topological polar surface area (TPSA) is 98.7 Å². The number of nitrogens with one attached hydrogen (secondary N) is 1. The third-order valence-corrected chi connectivity index (χ3v) is 2.73. The number of imidazole rings is 1. The Morgan fingerprint density at radius 2 is 2.12 bits per heavy atom. The number of nitrogens with zero attached hydrogens (tertiary/aromatic N) is 3. The lowest BCUT2D eigenvalue weighted by molar-refractivity contribution is 0.637. The van der Waals surface area contributed by atoms with Crippen molar-refractivity contribution in [3.8, 4) is 0 Å². The number of hydrogen-bond acceptors (Lipinski definition) is 4. The zero-order chi connectivity index (χ0) is 12.6. The van der Waals surface area contributed by atoms with Gasteiger partial charge in [0.25, 0.3) is 5.56 Å². The highest BCUT2D eigenvalue weighted by molar-refractivity contribution is 5.69. The van der Waals surface area contributed by atoms with Crippen LogP contribution in [0.4, 0.5) is 0 Å². The van der Waals surface area contributed by atoms with Gasteiger partial charge in [-0.2, -0.15) is 0 Å². The second-order valence-electron chi connectivity index (χ2n) is 3.81. The molecule has 0 saturated carbocycles. The van der Waals surface area contributed by atoms with Crippen LogP contribution in [0.2, 0.25) is 0 Å². The van der Waals surface area contributed by atoms with Crippen molar-refractivity contribution in [1.29, 1.82) is 0 Å². The Morgan fingerprint density at radius 1 is 1.41 bits per heavy atom. The van der Waals surface area contributed by atoms with Gasteiger partial charge in [0.15, 0.2) is 5.65 Å². The first kappa shape index (κ1) is 11.6. The Balaban J connectivity index is 2.84. The van der Waals surface area contributed by atoms with Crippen LogP contribution in [-0.4, -0.2) is 25.6 Å². The van der Waals surface area contributed by atoms with Gasteiger partial charge in [0.05, 0.1) is 0 Å². The first-order chi connectivity index (χ1) is 8.10. The Labute approximate surface area is 96.9 Å². The van der Waals surface area contributed by atoms with Crippen LogP contribution in [0.15, 0.2) is 9.59 Å². The molecule has 0 atom stereocenters. The van der Waals surface area contributed by atoms with E-state index in [0.29, 0.717) is 36.5 Å². The Hall–Kier alpha value is -1.89. The van der Waals surface area contributed by atoms with Crippen LogP contribution in [0.25, 0.3) is 11.2 Å². The van der Waals surface area contributed by atoms with E-state index >= 15 is 0 Å². The molecule has 0 amide bonds. The van der Waals surface area contributed by atoms with Crippen LogP contribution in [-0.2, 0) is 20.0 Å². The average Bonchev–Trinajstić information content (AvgIpc) is 2.72. The summed E-state index contributed by atoms with van der Waals surface area (Å²) >= 11 is 0. The summed E-state index contributed by atoms with van der Waals surface area (Å²) in [5.41, 5.74) is 5.49. The molecule has 0 radical (unpaired) electrons. The molecule has 2 aromatic heterocycles. The third-order valence-electron chi connectivity index (χ3n) is 2.73. The molecule has 92 valence electrons. The van der Waals surface area contributed by atoms with Crippen molar-refractivity contribution in [3.63, 3.8) is 0 Å². The number of aryl methyl sites for hydroxylation is 1. The first-order valence-electron chi connectivity index (χ1n) is 5.48. The molecule has 2 aromatic rings. The smallest absolute Gasteiger partial charge is 0.332 e. The minimum Gasteiger partial charge on any atom is -0.336 e. The van der Waals surface area contributed by atoms with Crippen LogP contribution in [0.3, 0.4) is 0 Å². The number of fused-ring (bicyclic) bond motifs is 1. The van der Waals surface area contributed by atoms with Gasteiger partial charge in [-0.3, -0.25) is 13.9 Å². The highest BCUT2D eigenvalue weighted by Crippen LogP contribution is 2.04. The standard InChI is InChI=1S/C10H15N5O2/c1-3-15-9(16)7-8(14(2)10(15)17)13-6(12-7)4-5-11/h3-5,11H2,1-2H3,(H,12,13). The van der Waals surface area contributed by atoms with E-state index in [1.807, 2.05) is 0 Å². The van der Waals surface area contributed by atoms with E-state index in [9.17, 15) is 9.59 Å². The molecular formula is C10H15N5O2. The van der Waals surface area contributed by atoms with Crippen molar-refractivity contribution in [1.82, 2.24) is 19.1 Å². The lowest BCUT2D eigenvalue weighted by Crippen LogP contribution is -2.38. The molecule has 0 fully saturated rings. The second kappa shape index (κ2) is 4.17. The maximum absolute atomic E-state index is 12.0. The minimum atomic E-state index is -0.351. The summed E-state index contributed by atoms with van der Waals surface area (Å²) < 4.78 is 2.55.